The number of morpholine rings is 1. The number of halogens is 3. The second kappa shape index (κ2) is 9.20. The van der Waals surface area contributed by atoms with Crippen LogP contribution < -0.4 is 4.90 Å². The number of carbonyl (C=O) groups excluding carboxylic acids is 2. The molecule has 9 heteroatoms. The van der Waals surface area contributed by atoms with Crippen LogP contribution >= 0.6 is 0 Å². The molecule has 32 heavy (non-hydrogen) atoms. The van der Waals surface area contributed by atoms with E-state index in [0.29, 0.717) is 18.8 Å². The van der Waals surface area contributed by atoms with E-state index in [1.165, 1.54) is 23.1 Å². The zero-order valence-corrected chi connectivity index (χ0v) is 17.5. The van der Waals surface area contributed by atoms with Crippen LogP contribution in [0.15, 0.2) is 48.5 Å². The van der Waals surface area contributed by atoms with Gasteiger partial charge in [0.1, 0.15) is 0 Å². The van der Waals surface area contributed by atoms with Gasteiger partial charge in [-0.1, -0.05) is 12.1 Å². The Morgan fingerprint density at radius 3 is 1.91 bits per heavy atom. The van der Waals surface area contributed by atoms with E-state index in [4.69, 9.17) is 4.74 Å². The third kappa shape index (κ3) is 4.72. The van der Waals surface area contributed by atoms with Gasteiger partial charge in [-0.25, -0.2) is 0 Å². The monoisotopic (exact) mass is 447 g/mol. The molecule has 2 saturated heterocycles. The molecule has 2 aliphatic heterocycles. The third-order valence-corrected chi connectivity index (χ3v) is 5.81. The van der Waals surface area contributed by atoms with Crippen LogP contribution in [0.2, 0.25) is 0 Å². The SMILES string of the molecule is O=C(c1ccc(N2CCOCC2)cc1)N1CCN(C(=O)c2ccccc2C(F)(F)F)CC1. The van der Waals surface area contributed by atoms with Gasteiger partial charge in [0, 0.05) is 50.5 Å². The summed E-state index contributed by atoms with van der Waals surface area (Å²) in [6.45, 7) is 3.87. The molecule has 2 fully saturated rings. The first-order valence-electron chi connectivity index (χ1n) is 10.5. The topological polar surface area (TPSA) is 53.1 Å². The van der Waals surface area contributed by atoms with Crippen molar-refractivity contribution in [2.24, 2.45) is 0 Å². The van der Waals surface area contributed by atoms with E-state index in [-0.39, 0.29) is 37.6 Å². The number of alkyl halides is 3. The molecule has 0 saturated carbocycles. The van der Waals surface area contributed by atoms with E-state index in [1.54, 1.807) is 17.0 Å². The number of nitrogens with zero attached hydrogens (tertiary/aromatic N) is 3. The summed E-state index contributed by atoms with van der Waals surface area (Å²) < 4.78 is 45.1. The van der Waals surface area contributed by atoms with Crippen LogP contribution in [0.4, 0.5) is 18.9 Å². The van der Waals surface area contributed by atoms with Crippen LogP contribution in [0.25, 0.3) is 0 Å². The van der Waals surface area contributed by atoms with Gasteiger partial charge in [0.2, 0.25) is 0 Å². The van der Waals surface area contributed by atoms with E-state index >= 15 is 0 Å². The first-order chi connectivity index (χ1) is 15.3. The maximum atomic E-state index is 13.2. The van der Waals surface area contributed by atoms with Crippen molar-refractivity contribution in [1.29, 1.82) is 0 Å². The number of carbonyl (C=O) groups is 2. The molecule has 2 aliphatic rings. The Balaban J connectivity index is 1.37. The zero-order valence-electron chi connectivity index (χ0n) is 17.5. The molecule has 0 N–H and O–H groups in total. The number of amides is 2. The number of benzene rings is 2. The number of piperazine rings is 1. The molecule has 0 unspecified atom stereocenters. The lowest BCUT2D eigenvalue weighted by molar-refractivity contribution is -0.138. The summed E-state index contributed by atoms with van der Waals surface area (Å²) in [4.78, 5) is 30.8. The summed E-state index contributed by atoms with van der Waals surface area (Å²) in [5.41, 5.74) is 0.273. The van der Waals surface area contributed by atoms with Crippen molar-refractivity contribution >= 4 is 17.5 Å². The highest BCUT2D eigenvalue weighted by Crippen LogP contribution is 2.32. The fraction of sp³-hybridized carbons (Fsp3) is 0.391. The summed E-state index contributed by atoms with van der Waals surface area (Å²) in [6.07, 6.45) is -4.60. The van der Waals surface area contributed by atoms with Crippen LogP contribution in [0.5, 0.6) is 0 Å². The van der Waals surface area contributed by atoms with Crippen molar-refractivity contribution in [2.45, 2.75) is 6.18 Å². The van der Waals surface area contributed by atoms with E-state index in [0.717, 1.165) is 24.8 Å². The first-order valence-corrected chi connectivity index (χ1v) is 10.5. The molecule has 6 nitrogen and oxygen atoms in total. The van der Waals surface area contributed by atoms with Crippen LogP contribution in [0.1, 0.15) is 26.3 Å². The van der Waals surface area contributed by atoms with Gasteiger partial charge in [-0.3, -0.25) is 9.59 Å². The normalized spacial score (nSPS) is 17.4. The summed E-state index contributed by atoms with van der Waals surface area (Å²) in [5.74, 6) is -0.818. The summed E-state index contributed by atoms with van der Waals surface area (Å²) in [5, 5.41) is 0. The molecule has 2 aromatic carbocycles. The van der Waals surface area contributed by atoms with Crippen LogP contribution in [0.3, 0.4) is 0 Å². The highest BCUT2D eigenvalue weighted by molar-refractivity contribution is 5.97. The van der Waals surface area contributed by atoms with Crippen molar-refractivity contribution in [3.8, 4) is 0 Å². The van der Waals surface area contributed by atoms with Crippen molar-refractivity contribution in [3.05, 3.63) is 65.2 Å². The van der Waals surface area contributed by atoms with Gasteiger partial charge < -0.3 is 19.4 Å². The highest BCUT2D eigenvalue weighted by atomic mass is 19.4. The largest absolute Gasteiger partial charge is 0.417 e. The van der Waals surface area contributed by atoms with E-state index in [9.17, 15) is 22.8 Å². The van der Waals surface area contributed by atoms with E-state index in [2.05, 4.69) is 4.90 Å². The Bertz CT molecular complexity index is 964. The summed E-state index contributed by atoms with van der Waals surface area (Å²) in [6, 6.07) is 12.2. The lowest BCUT2D eigenvalue weighted by Crippen LogP contribution is -2.50. The Morgan fingerprint density at radius 1 is 0.750 bits per heavy atom. The number of anilines is 1. The molecule has 0 aromatic heterocycles. The summed E-state index contributed by atoms with van der Waals surface area (Å²) in [7, 11) is 0. The number of hydrogen-bond acceptors (Lipinski definition) is 4. The van der Waals surface area contributed by atoms with Crippen molar-refractivity contribution in [2.75, 3.05) is 57.4 Å². The molecular formula is C23H24F3N3O3. The van der Waals surface area contributed by atoms with Crippen LogP contribution in [0, 0.1) is 0 Å². The molecule has 2 aromatic rings. The van der Waals surface area contributed by atoms with Gasteiger partial charge in [-0.2, -0.15) is 13.2 Å². The smallest absolute Gasteiger partial charge is 0.378 e. The van der Waals surface area contributed by atoms with Gasteiger partial charge >= 0.3 is 6.18 Å². The molecule has 170 valence electrons. The molecule has 0 radical (unpaired) electrons. The third-order valence-electron chi connectivity index (χ3n) is 5.81. The Hall–Kier alpha value is -3.07. The van der Waals surface area contributed by atoms with Crippen LogP contribution in [-0.4, -0.2) is 74.1 Å². The molecule has 0 aliphatic carbocycles. The lowest BCUT2D eigenvalue weighted by atomic mass is 10.1. The van der Waals surface area contributed by atoms with Crippen molar-refractivity contribution in [1.82, 2.24) is 9.80 Å². The highest BCUT2D eigenvalue weighted by Gasteiger charge is 2.36. The first kappa shape index (κ1) is 22.1. The van der Waals surface area contributed by atoms with E-state index in [1.807, 2.05) is 12.1 Å². The number of rotatable bonds is 3. The molecule has 0 bridgehead atoms. The Labute approximate surface area is 184 Å². The second-order valence-corrected chi connectivity index (χ2v) is 7.77. The molecule has 4 rings (SSSR count). The number of hydrogen-bond donors (Lipinski definition) is 0. The Morgan fingerprint density at radius 2 is 1.31 bits per heavy atom. The van der Waals surface area contributed by atoms with Gasteiger partial charge in [-0.15, -0.1) is 0 Å². The molecule has 2 heterocycles. The van der Waals surface area contributed by atoms with Crippen molar-refractivity contribution < 1.29 is 27.5 Å². The minimum absolute atomic E-state index is 0.152. The maximum Gasteiger partial charge on any atom is 0.417 e. The predicted octanol–water partition coefficient (Wildman–Crippen LogP) is 3.14. The Kier molecular flexibility index (Phi) is 6.36. The van der Waals surface area contributed by atoms with Crippen molar-refractivity contribution in [3.63, 3.8) is 0 Å². The minimum atomic E-state index is -4.60. The average molecular weight is 447 g/mol. The van der Waals surface area contributed by atoms with Crippen LogP contribution in [-0.2, 0) is 10.9 Å². The van der Waals surface area contributed by atoms with Gasteiger partial charge in [0.15, 0.2) is 0 Å². The zero-order chi connectivity index (χ0) is 22.7. The lowest BCUT2D eigenvalue weighted by Gasteiger charge is -2.35. The fourth-order valence-corrected chi connectivity index (χ4v) is 4.02. The molecule has 2 amide bonds. The maximum absolute atomic E-state index is 13.2. The van der Waals surface area contributed by atoms with E-state index < -0.39 is 17.6 Å². The summed E-state index contributed by atoms with van der Waals surface area (Å²) >= 11 is 0. The molecular weight excluding hydrogens is 423 g/mol. The fourth-order valence-electron chi connectivity index (χ4n) is 4.02. The van der Waals surface area contributed by atoms with Gasteiger partial charge in [0.25, 0.3) is 11.8 Å². The molecule has 0 spiro atoms. The average Bonchev–Trinajstić information content (AvgIpc) is 2.83. The minimum Gasteiger partial charge on any atom is -0.378 e. The quantitative estimate of drug-likeness (QED) is 0.726. The second-order valence-electron chi connectivity index (χ2n) is 7.77. The predicted molar refractivity (Wildman–Crippen MR) is 113 cm³/mol. The van der Waals surface area contributed by atoms with Gasteiger partial charge in [0.05, 0.1) is 24.3 Å². The number of ether oxygens (including phenoxy) is 1. The standard InChI is InChI=1S/C23H24F3N3O3/c24-23(25,26)20-4-2-1-3-19(20)22(31)29-11-9-28(10-12-29)21(30)17-5-7-18(8-6-17)27-13-15-32-16-14-27/h1-8H,9-16H2. The van der Waals surface area contributed by atoms with Gasteiger partial charge in [-0.05, 0) is 36.4 Å². The molecule has 0 atom stereocenters.